The highest BCUT2D eigenvalue weighted by Gasteiger charge is 2.20. The molecule has 3 N–H and O–H groups in total. The molecule has 2 aromatic rings. The second-order valence-electron chi connectivity index (χ2n) is 4.70. The van der Waals surface area contributed by atoms with Crippen molar-refractivity contribution < 1.29 is 18.3 Å². The van der Waals surface area contributed by atoms with Gasteiger partial charge in [-0.15, -0.1) is 0 Å². The summed E-state index contributed by atoms with van der Waals surface area (Å²) in [6.07, 6.45) is 0. The molecule has 0 fully saturated rings. The fourth-order valence-electron chi connectivity index (χ4n) is 2.12. The number of hydrogen-bond donors (Lipinski definition) is 2. The summed E-state index contributed by atoms with van der Waals surface area (Å²) >= 11 is 0. The first-order chi connectivity index (χ1) is 9.89. The zero-order valence-corrected chi connectivity index (χ0v) is 12.0. The van der Waals surface area contributed by atoms with Crippen LogP contribution in [0.5, 0.6) is 0 Å². The molecule has 0 unspecified atom stereocenters. The van der Waals surface area contributed by atoms with E-state index in [-0.39, 0.29) is 28.3 Å². The third-order valence-electron chi connectivity index (χ3n) is 3.00. The van der Waals surface area contributed by atoms with E-state index < -0.39 is 15.8 Å². The van der Waals surface area contributed by atoms with Crippen LogP contribution in [0.15, 0.2) is 48.5 Å². The lowest BCUT2D eigenvalue weighted by Gasteiger charge is -2.09. The highest BCUT2D eigenvalue weighted by Crippen LogP contribution is 2.21. The molecule has 0 bridgehead atoms. The molecule has 21 heavy (non-hydrogen) atoms. The number of sulfone groups is 1. The van der Waals surface area contributed by atoms with Gasteiger partial charge in [-0.25, -0.2) is 13.2 Å². The number of aromatic carboxylic acids is 1. The van der Waals surface area contributed by atoms with Crippen molar-refractivity contribution in [3.63, 3.8) is 0 Å². The highest BCUT2D eigenvalue weighted by atomic mass is 32.2. The van der Waals surface area contributed by atoms with Gasteiger partial charge in [0, 0.05) is 5.69 Å². The zero-order valence-electron chi connectivity index (χ0n) is 11.2. The van der Waals surface area contributed by atoms with Crippen LogP contribution >= 0.6 is 0 Å². The molecule has 0 atom stereocenters. The predicted octanol–water partition coefficient (Wildman–Crippen LogP) is 2.08. The van der Waals surface area contributed by atoms with Crippen LogP contribution in [0, 0.1) is 0 Å². The predicted molar refractivity (Wildman–Crippen MR) is 80.6 cm³/mol. The van der Waals surface area contributed by atoms with Crippen molar-refractivity contribution in [3.05, 3.63) is 65.2 Å². The van der Waals surface area contributed by atoms with Gasteiger partial charge in [0.15, 0.2) is 9.84 Å². The van der Waals surface area contributed by atoms with Crippen molar-refractivity contribution in [3.8, 4) is 0 Å². The Labute approximate surface area is 123 Å². The van der Waals surface area contributed by atoms with Crippen molar-refractivity contribution in [2.75, 3.05) is 5.73 Å². The number of anilines is 1. The summed E-state index contributed by atoms with van der Waals surface area (Å²) in [5, 5.41) is 9.16. The normalized spacial score (nSPS) is 11.2. The molecule has 6 heteroatoms. The molecule has 5 nitrogen and oxygen atoms in total. The van der Waals surface area contributed by atoms with E-state index in [1.54, 1.807) is 36.4 Å². The first-order valence-electron chi connectivity index (χ1n) is 6.24. The fourth-order valence-corrected chi connectivity index (χ4v) is 3.63. The summed E-state index contributed by atoms with van der Waals surface area (Å²) in [7, 11) is -3.48. The zero-order chi connectivity index (χ0) is 15.5. The standard InChI is InChI=1S/C15H15NO4S/c16-13-8-4-7-12(14(13)15(17)18)10-21(19,20)9-11-5-2-1-3-6-11/h1-8H,9-10,16H2,(H,17,18). The largest absolute Gasteiger partial charge is 0.478 e. The highest BCUT2D eigenvalue weighted by molar-refractivity contribution is 7.89. The molecule has 0 aliphatic carbocycles. The maximum absolute atomic E-state index is 12.2. The number of carboxylic acids is 1. The lowest BCUT2D eigenvalue weighted by Crippen LogP contribution is -2.13. The molecule has 2 aromatic carbocycles. The number of carboxylic acid groups (broad SMARTS) is 1. The van der Waals surface area contributed by atoms with Crippen molar-refractivity contribution >= 4 is 21.5 Å². The van der Waals surface area contributed by atoms with Gasteiger partial charge in [0.05, 0.1) is 17.1 Å². The Morgan fingerprint density at radius 3 is 2.29 bits per heavy atom. The van der Waals surface area contributed by atoms with Crippen molar-refractivity contribution in [2.24, 2.45) is 0 Å². The number of nitrogen functional groups attached to an aromatic ring is 1. The molecule has 0 heterocycles. The second-order valence-corrected chi connectivity index (χ2v) is 6.77. The van der Waals surface area contributed by atoms with Crippen LogP contribution in [0.3, 0.4) is 0 Å². The van der Waals surface area contributed by atoms with E-state index in [2.05, 4.69) is 0 Å². The maximum atomic E-state index is 12.2. The average molecular weight is 305 g/mol. The van der Waals surface area contributed by atoms with E-state index in [1.165, 1.54) is 12.1 Å². The van der Waals surface area contributed by atoms with Gasteiger partial charge in [-0.05, 0) is 17.2 Å². The van der Waals surface area contributed by atoms with Crippen LogP contribution < -0.4 is 5.73 Å². The molecule has 0 saturated heterocycles. The van der Waals surface area contributed by atoms with Crippen LogP contribution in [0.1, 0.15) is 21.5 Å². The molecule has 0 amide bonds. The lowest BCUT2D eigenvalue weighted by molar-refractivity contribution is 0.0697. The monoisotopic (exact) mass is 305 g/mol. The average Bonchev–Trinajstić information content (AvgIpc) is 2.38. The van der Waals surface area contributed by atoms with E-state index in [0.29, 0.717) is 5.56 Å². The van der Waals surface area contributed by atoms with E-state index in [4.69, 9.17) is 10.8 Å². The van der Waals surface area contributed by atoms with Crippen molar-refractivity contribution in [1.29, 1.82) is 0 Å². The van der Waals surface area contributed by atoms with E-state index >= 15 is 0 Å². The second kappa shape index (κ2) is 5.97. The van der Waals surface area contributed by atoms with Gasteiger partial charge in [-0.2, -0.15) is 0 Å². The van der Waals surface area contributed by atoms with E-state index in [9.17, 15) is 13.2 Å². The number of hydrogen-bond acceptors (Lipinski definition) is 4. The minimum atomic E-state index is -3.48. The van der Waals surface area contributed by atoms with Crippen LogP contribution in [-0.4, -0.2) is 19.5 Å². The molecule has 2 rings (SSSR count). The molecule has 110 valence electrons. The fraction of sp³-hybridized carbons (Fsp3) is 0.133. The molecule has 0 aliphatic heterocycles. The molecule has 0 saturated carbocycles. The van der Waals surface area contributed by atoms with Gasteiger partial charge in [0.1, 0.15) is 0 Å². The van der Waals surface area contributed by atoms with Crippen LogP contribution in [0.4, 0.5) is 5.69 Å². The summed E-state index contributed by atoms with van der Waals surface area (Å²) in [6.45, 7) is 0. The Bertz CT molecular complexity index is 754. The molecule has 0 aromatic heterocycles. The van der Waals surface area contributed by atoms with Crippen LogP contribution in [0.2, 0.25) is 0 Å². The summed E-state index contributed by atoms with van der Waals surface area (Å²) in [5.41, 5.74) is 6.41. The van der Waals surface area contributed by atoms with Crippen molar-refractivity contribution in [2.45, 2.75) is 11.5 Å². The summed E-state index contributed by atoms with van der Waals surface area (Å²) in [4.78, 5) is 11.2. The van der Waals surface area contributed by atoms with Crippen LogP contribution in [-0.2, 0) is 21.3 Å². The Hall–Kier alpha value is -2.34. The number of nitrogens with two attached hydrogens (primary N) is 1. The van der Waals surface area contributed by atoms with Crippen LogP contribution in [0.25, 0.3) is 0 Å². The van der Waals surface area contributed by atoms with E-state index in [1.807, 2.05) is 0 Å². The number of carbonyl (C=O) groups is 1. The van der Waals surface area contributed by atoms with Gasteiger partial charge in [0.25, 0.3) is 0 Å². The quantitative estimate of drug-likeness (QED) is 0.824. The summed E-state index contributed by atoms with van der Waals surface area (Å²) < 4.78 is 24.4. The summed E-state index contributed by atoms with van der Waals surface area (Å²) in [5.74, 6) is -1.71. The molecular weight excluding hydrogens is 290 g/mol. The van der Waals surface area contributed by atoms with Gasteiger partial charge in [-0.3, -0.25) is 0 Å². The third kappa shape index (κ3) is 3.82. The lowest BCUT2D eigenvalue weighted by atomic mass is 10.1. The Kier molecular flexibility index (Phi) is 4.28. The minimum absolute atomic E-state index is 0.0647. The maximum Gasteiger partial charge on any atom is 0.338 e. The summed E-state index contributed by atoms with van der Waals surface area (Å²) in [6, 6.07) is 13.2. The first kappa shape index (κ1) is 15.1. The topological polar surface area (TPSA) is 97.5 Å². The Morgan fingerprint density at radius 2 is 1.67 bits per heavy atom. The van der Waals surface area contributed by atoms with Gasteiger partial charge in [0.2, 0.25) is 0 Å². The molecule has 0 radical (unpaired) electrons. The van der Waals surface area contributed by atoms with Gasteiger partial charge < -0.3 is 10.8 Å². The Morgan fingerprint density at radius 1 is 1.00 bits per heavy atom. The SMILES string of the molecule is Nc1cccc(CS(=O)(=O)Cc2ccccc2)c1C(=O)O. The van der Waals surface area contributed by atoms with Crippen molar-refractivity contribution in [1.82, 2.24) is 0 Å². The van der Waals surface area contributed by atoms with E-state index in [0.717, 1.165) is 0 Å². The number of benzene rings is 2. The number of rotatable bonds is 5. The molecular formula is C15H15NO4S. The smallest absolute Gasteiger partial charge is 0.338 e. The molecule has 0 spiro atoms. The van der Waals surface area contributed by atoms with Gasteiger partial charge in [-0.1, -0.05) is 42.5 Å². The molecule has 0 aliphatic rings. The van der Waals surface area contributed by atoms with Gasteiger partial charge >= 0.3 is 5.97 Å². The first-order valence-corrected chi connectivity index (χ1v) is 8.06. The Balaban J connectivity index is 2.29. The minimum Gasteiger partial charge on any atom is -0.478 e. The third-order valence-corrected chi connectivity index (χ3v) is 4.53.